The highest BCUT2D eigenvalue weighted by atomic mass is 16.5. The minimum atomic E-state index is 0.284. The summed E-state index contributed by atoms with van der Waals surface area (Å²) in [5.74, 6) is 0.958. The molecule has 0 amide bonds. The third-order valence-electron chi connectivity index (χ3n) is 2.88. The molecule has 0 aliphatic heterocycles. The SMILES string of the molecule is CC[C@H](C)Oc1ccc([C@@H](C)NC(C)C)cc1. The van der Waals surface area contributed by atoms with E-state index < -0.39 is 0 Å². The third kappa shape index (κ3) is 4.78. The highest BCUT2D eigenvalue weighted by Crippen LogP contribution is 2.19. The van der Waals surface area contributed by atoms with Crippen LogP contribution in [0.4, 0.5) is 0 Å². The van der Waals surface area contributed by atoms with Crippen LogP contribution >= 0.6 is 0 Å². The number of hydrogen-bond acceptors (Lipinski definition) is 2. The molecule has 2 heteroatoms. The van der Waals surface area contributed by atoms with E-state index in [-0.39, 0.29) is 6.10 Å². The summed E-state index contributed by atoms with van der Waals surface area (Å²) in [4.78, 5) is 0. The van der Waals surface area contributed by atoms with Crippen LogP contribution in [0, 0.1) is 0 Å². The fourth-order valence-corrected chi connectivity index (χ4v) is 1.75. The zero-order chi connectivity index (χ0) is 12.8. The van der Waals surface area contributed by atoms with E-state index >= 15 is 0 Å². The molecule has 2 nitrogen and oxygen atoms in total. The minimum Gasteiger partial charge on any atom is -0.491 e. The molecule has 17 heavy (non-hydrogen) atoms. The maximum absolute atomic E-state index is 5.76. The van der Waals surface area contributed by atoms with Crippen molar-refractivity contribution in [1.82, 2.24) is 5.32 Å². The van der Waals surface area contributed by atoms with Gasteiger partial charge >= 0.3 is 0 Å². The zero-order valence-corrected chi connectivity index (χ0v) is 11.7. The van der Waals surface area contributed by atoms with Crippen LogP contribution in [0.3, 0.4) is 0 Å². The van der Waals surface area contributed by atoms with Gasteiger partial charge < -0.3 is 10.1 Å². The normalized spacial score (nSPS) is 14.7. The van der Waals surface area contributed by atoms with Crippen molar-refractivity contribution in [3.63, 3.8) is 0 Å². The molecule has 0 heterocycles. The number of rotatable bonds is 6. The van der Waals surface area contributed by atoms with Crippen LogP contribution in [0.5, 0.6) is 5.75 Å². The average molecular weight is 235 g/mol. The molecular weight excluding hydrogens is 210 g/mol. The van der Waals surface area contributed by atoms with Crippen molar-refractivity contribution in [3.05, 3.63) is 29.8 Å². The predicted octanol–water partition coefficient (Wildman–Crippen LogP) is 3.92. The molecule has 0 aliphatic rings. The second-order valence-corrected chi connectivity index (χ2v) is 4.95. The lowest BCUT2D eigenvalue weighted by Gasteiger charge is -2.18. The molecule has 0 aromatic heterocycles. The smallest absolute Gasteiger partial charge is 0.119 e. The first kappa shape index (κ1) is 14.0. The molecule has 1 N–H and O–H groups in total. The van der Waals surface area contributed by atoms with Crippen molar-refractivity contribution >= 4 is 0 Å². The third-order valence-corrected chi connectivity index (χ3v) is 2.88. The summed E-state index contributed by atoms with van der Waals surface area (Å²) in [5, 5.41) is 3.49. The molecule has 0 saturated carbocycles. The molecule has 1 rings (SSSR count). The van der Waals surface area contributed by atoms with E-state index in [2.05, 4.69) is 64.2 Å². The van der Waals surface area contributed by atoms with Crippen LogP contribution in [0.1, 0.15) is 52.6 Å². The van der Waals surface area contributed by atoms with Gasteiger partial charge in [-0.05, 0) is 38.0 Å². The Morgan fingerprint density at radius 1 is 1.06 bits per heavy atom. The fraction of sp³-hybridized carbons (Fsp3) is 0.600. The summed E-state index contributed by atoms with van der Waals surface area (Å²) in [6.45, 7) is 10.7. The van der Waals surface area contributed by atoms with Gasteiger partial charge in [-0.2, -0.15) is 0 Å². The van der Waals surface area contributed by atoms with Gasteiger partial charge in [-0.15, -0.1) is 0 Å². The van der Waals surface area contributed by atoms with Crippen molar-refractivity contribution < 1.29 is 4.74 Å². The molecule has 0 bridgehead atoms. The average Bonchev–Trinajstić information content (AvgIpc) is 2.28. The number of nitrogens with one attached hydrogen (secondary N) is 1. The lowest BCUT2D eigenvalue weighted by Crippen LogP contribution is -2.25. The summed E-state index contributed by atoms with van der Waals surface area (Å²) < 4.78 is 5.76. The van der Waals surface area contributed by atoms with Crippen molar-refractivity contribution in [2.75, 3.05) is 0 Å². The van der Waals surface area contributed by atoms with Crippen LogP contribution in [-0.4, -0.2) is 12.1 Å². The zero-order valence-electron chi connectivity index (χ0n) is 11.7. The molecule has 1 aromatic rings. The summed E-state index contributed by atoms with van der Waals surface area (Å²) in [6.07, 6.45) is 1.32. The Balaban J connectivity index is 2.61. The van der Waals surface area contributed by atoms with E-state index in [0.717, 1.165) is 12.2 Å². The maximum Gasteiger partial charge on any atom is 0.119 e. The predicted molar refractivity (Wildman–Crippen MR) is 73.5 cm³/mol. The van der Waals surface area contributed by atoms with E-state index in [1.54, 1.807) is 0 Å². The Kier molecular flexibility index (Phi) is 5.49. The number of benzene rings is 1. The lowest BCUT2D eigenvalue weighted by atomic mass is 10.1. The van der Waals surface area contributed by atoms with Crippen LogP contribution in [0.2, 0.25) is 0 Å². The van der Waals surface area contributed by atoms with Crippen molar-refractivity contribution in [2.24, 2.45) is 0 Å². The standard InChI is InChI=1S/C15H25NO/c1-6-12(4)17-15-9-7-14(8-10-15)13(5)16-11(2)3/h7-13,16H,6H2,1-5H3/t12-,13+/m0/s1. The molecule has 0 spiro atoms. The number of ether oxygens (including phenoxy) is 1. The fourth-order valence-electron chi connectivity index (χ4n) is 1.75. The van der Waals surface area contributed by atoms with E-state index in [1.165, 1.54) is 5.56 Å². The van der Waals surface area contributed by atoms with Crippen molar-refractivity contribution in [1.29, 1.82) is 0 Å². The molecule has 0 unspecified atom stereocenters. The van der Waals surface area contributed by atoms with Gasteiger partial charge in [0.05, 0.1) is 6.10 Å². The summed E-state index contributed by atoms with van der Waals surface area (Å²) in [6, 6.07) is 9.27. The monoisotopic (exact) mass is 235 g/mol. The Morgan fingerprint density at radius 2 is 1.65 bits per heavy atom. The van der Waals surface area contributed by atoms with Gasteiger partial charge in [0.25, 0.3) is 0 Å². The molecular formula is C15H25NO. The minimum absolute atomic E-state index is 0.284. The van der Waals surface area contributed by atoms with Gasteiger partial charge in [0.15, 0.2) is 0 Å². The summed E-state index contributed by atoms with van der Waals surface area (Å²) in [7, 11) is 0. The first-order chi connectivity index (χ1) is 8.02. The van der Waals surface area contributed by atoms with E-state index in [0.29, 0.717) is 12.1 Å². The van der Waals surface area contributed by atoms with Crippen LogP contribution in [0.15, 0.2) is 24.3 Å². The largest absolute Gasteiger partial charge is 0.491 e. The van der Waals surface area contributed by atoms with Gasteiger partial charge in [-0.3, -0.25) is 0 Å². The van der Waals surface area contributed by atoms with Gasteiger partial charge in [0.1, 0.15) is 5.75 Å². The van der Waals surface area contributed by atoms with Crippen LogP contribution in [0.25, 0.3) is 0 Å². The molecule has 0 radical (unpaired) electrons. The quantitative estimate of drug-likeness (QED) is 0.807. The number of hydrogen-bond donors (Lipinski definition) is 1. The highest BCUT2D eigenvalue weighted by Gasteiger charge is 2.07. The highest BCUT2D eigenvalue weighted by molar-refractivity contribution is 5.29. The van der Waals surface area contributed by atoms with Gasteiger partial charge in [0.2, 0.25) is 0 Å². The molecule has 0 fully saturated rings. The molecule has 2 atom stereocenters. The van der Waals surface area contributed by atoms with Crippen molar-refractivity contribution in [3.8, 4) is 5.75 Å². The first-order valence-corrected chi connectivity index (χ1v) is 6.55. The maximum atomic E-state index is 5.76. The molecule has 1 aromatic carbocycles. The Hall–Kier alpha value is -1.02. The van der Waals surface area contributed by atoms with Crippen LogP contribution < -0.4 is 10.1 Å². The second kappa shape index (κ2) is 6.65. The summed E-state index contributed by atoms with van der Waals surface area (Å²) >= 11 is 0. The van der Waals surface area contributed by atoms with Crippen LogP contribution in [-0.2, 0) is 0 Å². The van der Waals surface area contributed by atoms with Crippen molar-refractivity contribution in [2.45, 2.75) is 59.2 Å². The lowest BCUT2D eigenvalue weighted by molar-refractivity contribution is 0.217. The van der Waals surface area contributed by atoms with Gasteiger partial charge in [-0.1, -0.05) is 32.9 Å². The first-order valence-electron chi connectivity index (χ1n) is 6.55. The van der Waals surface area contributed by atoms with Gasteiger partial charge in [0, 0.05) is 12.1 Å². The van der Waals surface area contributed by atoms with E-state index in [9.17, 15) is 0 Å². The molecule has 0 aliphatic carbocycles. The summed E-state index contributed by atoms with van der Waals surface area (Å²) in [5.41, 5.74) is 1.30. The molecule has 96 valence electrons. The van der Waals surface area contributed by atoms with E-state index in [1.807, 2.05) is 0 Å². The second-order valence-electron chi connectivity index (χ2n) is 4.95. The van der Waals surface area contributed by atoms with E-state index in [4.69, 9.17) is 4.74 Å². The van der Waals surface area contributed by atoms with Gasteiger partial charge in [-0.25, -0.2) is 0 Å². The topological polar surface area (TPSA) is 21.3 Å². The Bertz CT molecular complexity index is 318. The Labute approximate surface area is 105 Å². The molecule has 0 saturated heterocycles. The Morgan fingerprint density at radius 3 is 2.12 bits per heavy atom.